The topological polar surface area (TPSA) is 21.3 Å². The normalized spacial score (nSPS) is 10.8. The lowest BCUT2D eigenvalue weighted by Gasteiger charge is -2.14. The van der Waals surface area contributed by atoms with Gasteiger partial charge in [-0.25, -0.2) is 4.39 Å². The Hall–Kier alpha value is -2.85. The maximum absolute atomic E-state index is 13.1. The second-order valence-corrected chi connectivity index (χ2v) is 7.46. The van der Waals surface area contributed by atoms with Gasteiger partial charge in [-0.15, -0.1) is 0 Å². The SMILES string of the molecule is Fc1ccc(NCc2cc(Br)ccc2OCc2cccc3ccccc23)cc1. The van der Waals surface area contributed by atoms with Gasteiger partial charge in [-0.05, 0) is 58.8 Å². The van der Waals surface area contributed by atoms with Crippen LogP contribution in [0.2, 0.25) is 0 Å². The van der Waals surface area contributed by atoms with Crippen molar-refractivity contribution < 1.29 is 9.13 Å². The molecule has 28 heavy (non-hydrogen) atoms. The number of halogens is 2. The van der Waals surface area contributed by atoms with Gasteiger partial charge >= 0.3 is 0 Å². The van der Waals surface area contributed by atoms with Crippen molar-refractivity contribution in [3.63, 3.8) is 0 Å². The Balaban J connectivity index is 1.52. The largest absolute Gasteiger partial charge is 0.489 e. The van der Waals surface area contributed by atoms with Gasteiger partial charge < -0.3 is 10.1 Å². The zero-order valence-corrected chi connectivity index (χ0v) is 16.7. The Kier molecular flexibility index (Phi) is 5.58. The minimum absolute atomic E-state index is 0.243. The van der Waals surface area contributed by atoms with E-state index >= 15 is 0 Å². The third-order valence-electron chi connectivity index (χ3n) is 4.61. The van der Waals surface area contributed by atoms with Gasteiger partial charge in [-0.1, -0.05) is 58.4 Å². The lowest BCUT2D eigenvalue weighted by molar-refractivity contribution is 0.304. The summed E-state index contributed by atoms with van der Waals surface area (Å²) in [6, 6.07) is 26.9. The van der Waals surface area contributed by atoms with Gasteiger partial charge in [0.1, 0.15) is 18.2 Å². The molecule has 0 radical (unpaired) electrons. The highest BCUT2D eigenvalue weighted by Gasteiger charge is 2.07. The van der Waals surface area contributed by atoms with E-state index in [1.807, 2.05) is 30.3 Å². The van der Waals surface area contributed by atoms with Crippen molar-refractivity contribution in [3.8, 4) is 5.75 Å². The van der Waals surface area contributed by atoms with Crippen LogP contribution in [0, 0.1) is 5.82 Å². The summed E-state index contributed by atoms with van der Waals surface area (Å²) in [5.41, 5.74) is 3.04. The Labute approximate surface area is 172 Å². The maximum Gasteiger partial charge on any atom is 0.124 e. The molecule has 0 amide bonds. The molecule has 2 nitrogen and oxygen atoms in total. The molecule has 0 fully saturated rings. The number of anilines is 1. The summed E-state index contributed by atoms with van der Waals surface area (Å²) in [7, 11) is 0. The van der Waals surface area contributed by atoms with Crippen molar-refractivity contribution in [1.82, 2.24) is 0 Å². The fraction of sp³-hybridized carbons (Fsp3) is 0.0833. The molecule has 140 valence electrons. The van der Waals surface area contributed by atoms with Crippen molar-refractivity contribution >= 4 is 32.4 Å². The first kappa shape index (κ1) is 18.5. The monoisotopic (exact) mass is 435 g/mol. The first-order valence-corrected chi connectivity index (χ1v) is 9.86. The molecule has 0 bridgehead atoms. The highest BCUT2D eigenvalue weighted by molar-refractivity contribution is 9.10. The van der Waals surface area contributed by atoms with E-state index < -0.39 is 0 Å². The fourth-order valence-corrected chi connectivity index (χ4v) is 3.57. The second kappa shape index (κ2) is 8.44. The molecule has 4 aromatic rings. The maximum atomic E-state index is 13.1. The van der Waals surface area contributed by atoms with Gasteiger partial charge in [0, 0.05) is 22.3 Å². The van der Waals surface area contributed by atoms with Gasteiger partial charge in [0.05, 0.1) is 0 Å². The van der Waals surface area contributed by atoms with Gasteiger partial charge in [0.15, 0.2) is 0 Å². The van der Waals surface area contributed by atoms with Crippen LogP contribution in [0.5, 0.6) is 5.75 Å². The van der Waals surface area contributed by atoms with E-state index in [0.717, 1.165) is 27.0 Å². The molecule has 0 spiro atoms. The zero-order valence-electron chi connectivity index (χ0n) is 15.2. The molecule has 4 heteroatoms. The van der Waals surface area contributed by atoms with Crippen LogP contribution in [-0.4, -0.2) is 0 Å². The highest BCUT2D eigenvalue weighted by Crippen LogP contribution is 2.27. The third kappa shape index (κ3) is 4.34. The second-order valence-electron chi connectivity index (χ2n) is 6.54. The minimum Gasteiger partial charge on any atom is -0.489 e. The van der Waals surface area contributed by atoms with Gasteiger partial charge in [-0.3, -0.25) is 0 Å². The molecule has 1 N–H and O–H groups in total. The van der Waals surface area contributed by atoms with Crippen molar-refractivity contribution in [2.45, 2.75) is 13.2 Å². The quantitative estimate of drug-likeness (QED) is 0.354. The summed E-state index contributed by atoms with van der Waals surface area (Å²) >= 11 is 3.53. The van der Waals surface area contributed by atoms with E-state index in [9.17, 15) is 4.39 Å². The van der Waals surface area contributed by atoms with Crippen molar-refractivity contribution in [2.24, 2.45) is 0 Å². The Morgan fingerprint density at radius 3 is 2.46 bits per heavy atom. The molecule has 0 atom stereocenters. The van der Waals surface area contributed by atoms with Crippen LogP contribution in [0.4, 0.5) is 10.1 Å². The van der Waals surface area contributed by atoms with E-state index in [2.05, 4.69) is 51.6 Å². The smallest absolute Gasteiger partial charge is 0.124 e. The molecule has 0 heterocycles. The first-order valence-electron chi connectivity index (χ1n) is 9.06. The lowest BCUT2D eigenvalue weighted by atomic mass is 10.1. The fourth-order valence-electron chi connectivity index (χ4n) is 3.17. The van der Waals surface area contributed by atoms with Crippen LogP contribution in [0.25, 0.3) is 10.8 Å². The summed E-state index contributed by atoms with van der Waals surface area (Å²) < 4.78 is 20.2. The Morgan fingerprint density at radius 2 is 1.61 bits per heavy atom. The minimum atomic E-state index is -0.243. The number of benzene rings is 4. The Bertz CT molecular complexity index is 1090. The molecule has 0 saturated heterocycles. The van der Waals surface area contributed by atoms with E-state index in [-0.39, 0.29) is 5.82 Å². The molecule has 0 aliphatic rings. The third-order valence-corrected chi connectivity index (χ3v) is 5.11. The van der Waals surface area contributed by atoms with Crippen LogP contribution in [0.1, 0.15) is 11.1 Å². The average Bonchev–Trinajstić information content (AvgIpc) is 2.72. The molecule has 4 rings (SSSR count). The number of hydrogen-bond donors (Lipinski definition) is 1. The standard InChI is InChI=1S/C24H19BrFNO/c25-20-8-13-24(19(14-20)15-27-22-11-9-21(26)10-12-22)28-16-18-6-3-5-17-4-1-2-7-23(17)18/h1-14,27H,15-16H2. The zero-order chi connectivity index (χ0) is 19.3. The number of hydrogen-bond acceptors (Lipinski definition) is 2. The summed E-state index contributed by atoms with van der Waals surface area (Å²) in [5, 5.41) is 5.72. The van der Waals surface area contributed by atoms with Crippen molar-refractivity contribution in [2.75, 3.05) is 5.32 Å². The van der Waals surface area contributed by atoms with Crippen LogP contribution >= 0.6 is 15.9 Å². The molecule has 4 aromatic carbocycles. The summed E-state index contributed by atoms with van der Waals surface area (Å²) in [5.74, 6) is 0.581. The van der Waals surface area contributed by atoms with Crippen LogP contribution in [0.3, 0.4) is 0 Å². The van der Waals surface area contributed by atoms with Gasteiger partial charge in [0.25, 0.3) is 0 Å². The van der Waals surface area contributed by atoms with E-state index in [1.54, 1.807) is 12.1 Å². The van der Waals surface area contributed by atoms with E-state index in [1.165, 1.54) is 22.9 Å². The molecule has 0 aliphatic carbocycles. The summed E-state index contributed by atoms with van der Waals surface area (Å²) in [4.78, 5) is 0. The van der Waals surface area contributed by atoms with Crippen LogP contribution < -0.4 is 10.1 Å². The number of rotatable bonds is 6. The van der Waals surface area contributed by atoms with Crippen LogP contribution in [0.15, 0.2) is 89.4 Å². The predicted octanol–water partition coefficient (Wildman–Crippen LogP) is 6.93. The number of fused-ring (bicyclic) bond motifs is 1. The number of nitrogens with one attached hydrogen (secondary N) is 1. The molecule has 0 aliphatic heterocycles. The molecular weight excluding hydrogens is 417 g/mol. The van der Waals surface area contributed by atoms with Crippen molar-refractivity contribution in [3.05, 3.63) is 106 Å². The first-order chi connectivity index (χ1) is 13.7. The lowest BCUT2D eigenvalue weighted by Crippen LogP contribution is -2.04. The molecule has 0 saturated carbocycles. The summed E-state index contributed by atoms with van der Waals surface area (Å²) in [6.45, 7) is 1.07. The Morgan fingerprint density at radius 1 is 0.821 bits per heavy atom. The van der Waals surface area contributed by atoms with E-state index in [0.29, 0.717) is 13.2 Å². The molecule has 0 unspecified atom stereocenters. The van der Waals surface area contributed by atoms with Gasteiger partial charge in [-0.2, -0.15) is 0 Å². The predicted molar refractivity (Wildman–Crippen MR) is 116 cm³/mol. The van der Waals surface area contributed by atoms with Gasteiger partial charge in [0.2, 0.25) is 0 Å². The number of ether oxygens (including phenoxy) is 1. The average molecular weight is 436 g/mol. The van der Waals surface area contributed by atoms with Crippen LogP contribution in [-0.2, 0) is 13.2 Å². The van der Waals surface area contributed by atoms with E-state index in [4.69, 9.17) is 4.74 Å². The molecular formula is C24H19BrFNO. The van der Waals surface area contributed by atoms with Crippen molar-refractivity contribution in [1.29, 1.82) is 0 Å². The molecule has 0 aromatic heterocycles. The highest BCUT2D eigenvalue weighted by atomic mass is 79.9. The summed E-state index contributed by atoms with van der Waals surface area (Å²) in [6.07, 6.45) is 0.